The molecule has 2 saturated carbocycles. The fourth-order valence-electron chi connectivity index (χ4n) is 3.49. The van der Waals surface area contributed by atoms with Gasteiger partial charge in [0.25, 0.3) is 0 Å². The monoisotopic (exact) mass is 250 g/mol. The molecule has 0 aromatic rings. The molecule has 3 rings (SSSR count). The lowest BCUT2D eigenvalue weighted by atomic mass is 9.94. The van der Waals surface area contributed by atoms with Crippen LogP contribution in [0.15, 0.2) is 0 Å². The van der Waals surface area contributed by atoms with Gasteiger partial charge >= 0.3 is 0 Å². The average molecular weight is 250 g/mol. The maximum absolute atomic E-state index is 9.27. The second-order valence-electron chi connectivity index (χ2n) is 5.82. The summed E-state index contributed by atoms with van der Waals surface area (Å²) in [6, 6.07) is 2.53. The van der Waals surface area contributed by atoms with Crippen LogP contribution in [0.25, 0.3) is 0 Å². The molecule has 0 N–H and O–H groups in total. The molecule has 1 atom stereocenters. The first-order valence-electron chi connectivity index (χ1n) is 7.34. The fourth-order valence-corrected chi connectivity index (χ4v) is 3.49. The van der Waals surface area contributed by atoms with Crippen molar-refractivity contribution in [2.45, 2.75) is 75.7 Å². The van der Waals surface area contributed by atoms with Crippen molar-refractivity contribution in [2.24, 2.45) is 0 Å². The van der Waals surface area contributed by atoms with E-state index in [2.05, 4.69) is 6.07 Å². The summed E-state index contributed by atoms with van der Waals surface area (Å²) in [5, 5.41) is 11.3. The fraction of sp³-hybridized carbons (Fsp3) is 0.929. The summed E-state index contributed by atoms with van der Waals surface area (Å²) in [5.41, 5.74) is 0. The van der Waals surface area contributed by atoms with Crippen molar-refractivity contribution in [3.05, 3.63) is 0 Å². The average Bonchev–Trinajstić information content (AvgIpc) is 2.88. The summed E-state index contributed by atoms with van der Waals surface area (Å²) < 4.78 is 5.86. The Labute approximate surface area is 109 Å². The molecule has 1 spiro atoms. The predicted molar refractivity (Wildman–Crippen MR) is 66.3 cm³/mol. The van der Waals surface area contributed by atoms with Gasteiger partial charge in [-0.2, -0.15) is 10.3 Å². The van der Waals surface area contributed by atoms with Crippen LogP contribution in [-0.4, -0.2) is 29.5 Å². The molecule has 0 radical (unpaired) electrons. The highest BCUT2D eigenvalue weighted by Crippen LogP contribution is 2.40. The van der Waals surface area contributed by atoms with Gasteiger partial charge in [-0.05, 0) is 25.7 Å². The SMILES string of the molecule is N#CC1COC2(CCCC2)ON1C1CCCCC1. The van der Waals surface area contributed by atoms with Crippen LogP contribution in [0.1, 0.15) is 57.8 Å². The number of hydrogen-bond donors (Lipinski definition) is 0. The second kappa shape index (κ2) is 5.16. The van der Waals surface area contributed by atoms with Gasteiger partial charge in [-0.15, -0.1) is 0 Å². The number of hydroxylamine groups is 2. The van der Waals surface area contributed by atoms with Crippen LogP contribution in [-0.2, 0) is 9.57 Å². The minimum atomic E-state index is -0.398. The van der Waals surface area contributed by atoms with Gasteiger partial charge in [0, 0.05) is 18.9 Å². The van der Waals surface area contributed by atoms with Gasteiger partial charge in [0.15, 0.2) is 5.79 Å². The van der Waals surface area contributed by atoms with E-state index < -0.39 is 5.79 Å². The van der Waals surface area contributed by atoms with Crippen molar-refractivity contribution in [3.8, 4) is 6.07 Å². The Balaban J connectivity index is 1.73. The smallest absolute Gasteiger partial charge is 0.187 e. The Morgan fingerprint density at radius 3 is 2.44 bits per heavy atom. The summed E-state index contributed by atoms with van der Waals surface area (Å²) in [4.78, 5) is 6.17. The van der Waals surface area contributed by atoms with Crippen molar-refractivity contribution < 1.29 is 9.57 Å². The summed E-state index contributed by atoms with van der Waals surface area (Å²) in [6.07, 6.45) is 10.5. The zero-order valence-electron chi connectivity index (χ0n) is 10.9. The zero-order chi connectivity index (χ0) is 12.4. The lowest BCUT2D eigenvalue weighted by molar-refractivity contribution is -0.402. The largest absolute Gasteiger partial charge is 0.345 e. The van der Waals surface area contributed by atoms with Gasteiger partial charge in [-0.25, -0.2) is 0 Å². The first-order valence-corrected chi connectivity index (χ1v) is 7.34. The first kappa shape index (κ1) is 12.4. The lowest BCUT2D eigenvalue weighted by Crippen LogP contribution is -2.56. The van der Waals surface area contributed by atoms with Crippen LogP contribution < -0.4 is 0 Å². The standard InChI is InChI=1S/C14H22N2O2/c15-10-13-11-17-14(8-4-5-9-14)18-16(13)12-6-2-1-3-7-12/h12-13H,1-9,11H2. The highest BCUT2D eigenvalue weighted by atomic mass is 16.8. The molecule has 3 fully saturated rings. The van der Waals surface area contributed by atoms with Crippen molar-refractivity contribution in [2.75, 3.05) is 6.61 Å². The lowest BCUT2D eigenvalue weighted by Gasteiger charge is -2.46. The van der Waals surface area contributed by atoms with Crippen LogP contribution in [0.5, 0.6) is 0 Å². The number of hydrogen-bond acceptors (Lipinski definition) is 4. The quantitative estimate of drug-likeness (QED) is 0.718. The molecule has 2 aliphatic carbocycles. The second-order valence-corrected chi connectivity index (χ2v) is 5.82. The minimum absolute atomic E-state index is 0.223. The minimum Gasteiger partial charge on any atom is -0.345 e. The summed E-state index contributed by atoms with van der Waals surface area (Å²) in [7, 11) is 0. The van der Waals surface area contributed by atoms with Gasteiger partial charge in [-0.3, -0.25) is 4.84 Å². The maximum Gasteiger partial charge on any atom is 0.187 e. The van der Waals surface area contributed by atoms with Crippen LogP contribution in [0, 0.1) is 11.3 Å². The maximum atomic E-state index is 9.27. The summed E-state index contributed by atoms with van der Waals surface area (Å²) in [5.74, 6) is -0.398. The van der Waals surface area contributed by atoms with E-state index in [9.17, 15) is 5.26 Å². The van der Waals surface area contributed by atoms with Crippen LogP contribution >= 0.6 is 0 Å². The molecule has 0 bridgehead atoms. The highest BCUT2D eigenvalue weighted by molar-refractivity contribution is 4.96. The number of rotatable bonds is 1. The molecule has 1 aliphatic heterocycles. The zero-order valence-corrected chi connectivity index (χ0v) is 10.9. The van der Waals surface area contributed by atoms with Crippen molar-refractivity contribution >= 4 is 0 Å². The molecular weight excluding hydrogens is 228 g/mol. The molecule has 0 amide bonds. The number of ether oxygens (including phenoxy) is 1. The van der Waals surface area contributed by atoms with Crippen LogP contribution in [0.4, 0.5) is 0 Å². The Bertz CT molecular complexity index is 327. The molecule has 0 aromatic heterocycles. The number of nitrogens with zero attached hydrogens (tertiary/aromatic N) is 2. The van der Waals surface area contributed by atoms with E-state index in [0.717, 1.165) is 25.7 Å². The molecule has 1 heterocycles. The molecule has 3 aliphatic rings. The van der Waals surface area contributed by atoms with Crippen molar-refractivity contribution in [1.82, 2.24) is 5.06 Å². The van der Waals surface area contributed by atoms with E-state index in [1.807, 2.05) is 5.06 Å². The van der Waals surface area contributed by atoms with Crippen molar-refractivity contribution in [3.63, 3.8) is 0 Å². The molecule has 4 heteroatoms. The van der Waals surface area contributed by atoms with E-state index >= 15 is 0 Å². The van der Waals surface area contributed by atoms with E-state index in [1.165, 1.54) is 32.1 Å². The van der Waals surface area contributed by atoms with Crippen molar-refractivity contribution in [1.29, 1.82) is 5.26 Å². The van der Waals surface area contributed by atoms with Crippen LogP contribution in [0.3, 0.4) is 0 Å². The third kappa shape index (κ3) is 2.27. The Hall–Kier alpha value is -0.630. The number of nitriles is 1. The molecular formula is C14H22N2O2. The van der Waals surface area contributed by atoms with Crippen LogP contribution in [0.2, 0.25) is 0 Å². The normalized spacial score (nSPS) is 33.6. The van der Waals surface area contributed by atoms with Gasteiger partial charge in [-0.1, -0.05) is 19.3 Å². The predicted octanol–water partition coefficient (Wildman–Crippen LogP) is 2.75. The molecule has 100 valence electrons. The molecule has 18 heavy (non-hydrogen) atoms. The topological polar surface area (TPSA) is 45.5 Å². The Kier molecular flexibility index (Phi) is 3.56. The molecule has 1 unspecified atom stereocenters. The van der Waals surface area contributed by atoms with E-state index in [1.54, 1.807) is 0 Å². The Morgan fingerprint density at radius 1 is 1.06 bits per heavy atom. The van der Waals surface area contributed by atoms with E-state index in [4.69, 9.17) is 9.57 Å². The van der Waals surface area contributed by atoms with Gasteiger partial charge < -0.3 is 4.74 Å². The highest BCUT2D eigenvalue weighted by Gasteiger charge is 2.46. The summed E-state index contributed by atoms with van der Waals surface area (Å²) >= 11 is 0. The molecule has 0 aromatic carbocycles. The van der Waals surface area contributed by atoms with Gasteiger partial charge in [0.2, 0.25) is 0 Å². The summed E-state index contributed by atoms with van der Waals surface area (Å²) in [6.45, 7) is 0.507. The van der Waals surface area contributed by atoms with Gasteiger partial charge in [0.1, 0.15) is 6.04 Å². The molecule has 1 saturated heterocycles. The molecule has 4 nitrogen and oxygen atoms in total. The first-order chi connectivity index (χ1) is 8.83. The van der Waals surface area contributed by atoms with E-state index in [-0.39, 0.29) is 6.04 Å². The third-order valence-electron chi connectivity index (χ3n) is 4.53. The Morgan fingerprint density at radius 2 is 1.78 bits per heavy atom. The van der Waals surface area contributed by atoms with E-state index in [0.29, 0.717) is 12.6 Å². The van der Waals surface area contributed by atoms with Gasteiger partial charge in [0.05, 0.1) is 12.7 Å². The third-order valence-corrected chi connectivity index (χ3v) is 4.53.